The molecule has 0 fully saturated rings. The average molecular weight is 308 g/mol. The van der Waals surface area contributed by atoms with Gasteiger partial charge in [-0.3, -0.25) is 4.79 Å². The Morgan fingerprint density at radius 1 is 1.20 bits per heavy atom. The Morgan fingerprint density at radius 2 is 1.75 bits per heavy atom. The van der Waals surface area contributed by atoms with Gasteiger partial charge in [0.2, 0.25) is 0 Å². The van der Waals surface area contributed by atoms with Gasteiger partial charge in [-0.25, -0.2) is 13.2 Å². The number of hydrogen-bond acceptors (Lipinski definition) is 4. The van der Waals surface area contributed by atoms with Crippen LogP contribution in [0, 0.1) is 0 Å². The monoisotopic (exact) mass is 308 g/mol. The molecule has 0 bridgehead atoms. The lowest BCUT2D eigenvalue weighted by atomic mass is 10.2. The quantitative estimate of drug-likeness (QED) is 0.545. The van der Waals surface area contributed by atoms with Crippen LogP contribution in [-0.2, 0) is 0 Å². The number of carbonyl (C=O) groups excluding carboxylic acids is 1. The predicted molar refractivity (Wildman–Crippen MR) is 71.4 cm³/mol. The zero-order valence-electron chi connectivity index (χ0n) is 11.1. The molecule has 2 atom stereocenters. The van der Waals surface area contributed by atoms with E-state index in [0.29, 0.717) is 28.2 Å². The van der Waals surface area contributed by atoms with Crippen molar-refractivity contribution in [2.24, 2.45) is 0 Å². The molecule has 112 valence electrons. The molecule has 0 saturated carbocycles. The highest BCUT2D eigenvalue weighted by Crippen LogP contribution is 2.39. The summed E-state index contributed by atoms with van der Waals surface area (Å²) in [6, 6.07) is 2.93. The number of carbonyl (C=O) groups is 1. The molecule has 0 aliphatic rings. The zero-order valence-corrected chi connectivity index (χ0v) is 11.9. The predicted octanol–water partition coefficient (Wildman–Crippen LogP) is 3.25. The molecule has 0 saturated heterocycles. The number of methoxy groups -OCH3 is 2. The van der Waals surface area contributed by atoms with E-state index in [2.05, 4.69) is 0 Å². The summed E-state index contributed by atoms with van der Waals surface area (Å²) >= 11 is 0.946. The van der Waals surface area contributed by atoms with E-state index in [9.17, 15) is 18.0 Å². The summed E-state index contributed by atoms with van der Waals surface area (Å²) in [5, 5.41) is 0. The van der Waals surface area contributed by atoms with E-state index in [0.717, 1.165) is 11.8 Å². The van der Waals surface area contributed by atoms with Crippen molar-refractivity contribution in [1.82, 2.24) is 0 Å². The molecule has 0 amide bonds. The summed E-state index contributed by atoms with van der Waals surface area (Å²) < 4.78 is 48.4. The van der Waals surface area contributed by atoms with Crippen molar-refractivity contribution in [2.45, 2.75) is 17.2 Å². The van der Waals surface area contributed by atoms with Crippen molar-refractivity contribution >= 4 is 18.0 Å². The van der Waals surface area contributed by atoms with Crippen molar-refractivity contribution in [3.05, 3.63) is 17.7 Å². The lowest BCUT2D eigenvalue weighted by Gasteiger charge is -2.15. The van der Waals surface area contributed by atoms with Crippen LogP contribution >= 0.6 is 11.8 Å². The summed E-state index contributed by atoms with van der Waals surface area (Å²) in [5.41, 5.74) is 0.340. The molecule has 7 heteroatoms. The van der Waals surface area contributed by atoms with Gasteiger partial charge in [0.15, 0.2) is 6.17 Å². The van der Waals surface area contributed by atoms with Crippen LogP contribution < -0.4 is 9.47 Å². The van der Waals surface area contributed by atoms with Crippen LogP contribution in [0.1, 0.15) is 10.4 Å². The second-order valence-electron chi connectivity index (χ2n) is 3.87. The second-order valence-corrected chi connectivity index (χ2v) is 4.90. The Balaban J connectivity index is 2.95. The molecule has 0 aliphatic carbocycles. The number of aldehydes is 1. The first-order chi connectivity index (χ1) is 9.57. The second kappa shape index (κ2) is 8.04. The standard InChI is InChI=1S/C13H15F3O3S/c1-18-11-3-8(6-17)4-12(19-2)13(11)20-7-10(16)9(15)5-14/h3-4,6,9-10H,5,7H2,1-2H3. The zero-order chi connectivity index (χ0) is 15.1. The van der Waals surface area contributed by atoms with Crippen LogP contribution in [0.15, 0.2) is 17.0 Å². The van der Waals surface area contributed by atoms with Gasteiger partial charge in [0, 0.05) is 11.3 Å². The van der Waals surface area contributed by atoms with Crippen LogP contribution in [-0.4, -0.2) is 45.3 Å². The van der Waals surface area contributed by atoms with Crippen LogP contribution in [0.5, 0.6) is 11.5 Å². The molecule has 0 spiro atoms. The summed E-state index contributed by atoms with van der Waals surface area (Å²) in [7, 11) is 2.78. The summed E-state index contributed by atoms with van der Waals surface area (Å²) in [6.45, 7) is -1.36. The summed E-state index contributed by atoms with van der Waals surface area (Å²) in [6.07, 6.45) is -3.45. The van der Waals surface area contributed by atoms with Gasteiger partial charge in [0.25, 0.3) is 0 Å². The third-order valence-corrected chi connectivity index (χ3v) is 3.72. The highest BCUT2D eigenvalue weighted by molar-refractivity contribution is 7.99. The third-order valence-electron chi connectivity index (χ3n) is 2.55. The Kier molecular flexibility index (Phi) is 6.70. The van der Waals surface area contributed by atoms with Crippen molar-refractivity contribution in [3.8, 4) is 11.5 Å². The minimum Gasteiger partial charge on any atom is -0.495 e. The van der Waals surface area contributed by atoms with Crippen molar-refractivity contribution in [1.29, 1.82) is 0 Å². The fraction of sp³-hybridized carbons (Fsp3) is 0.462. The van der Waals surface area contributed by atoms with E-state index < -0.39 is 19.0 Å². The lowest BCUT2D eigenvalue weighted by Crippen LogP contribution is -2.21. The maximum absolute atomic E-state index is 13.3. The first-order valence-corrected chi connectivity index (χ1v) is 6.74. The maximum Gasteiger partial charge on any atom is 0.160 e. The molecular formula is C13H15F3O3S. The van der Waals surface area contributed by atoms with Gasteiger partial charge >= 0.3 is 0 Å². The Hall–Kier alpha value is -1.37. The maximum atomic E-state index is 13.3. The van der Waals surface area contributed by atoms with E-state index >= 15 is 0 Å². The minimum absolute atomic E-state index is 0.280. The topological polar surface area (TPSA) is 35.5 Å². The Labute approximate surface area is 119 Å². The van der Waals surface area contributed by atoms with E-state index in [1.807, 2.05) is 0 Å². The average Bonchev–Trinajstić information content (AvgIpc) is 2.50. The minimum atomic E-state index is -2.14. The highest BCUT2D eigenvalue weighted by atomic mass is 32.2. The molecule has 1 aromatic carbocycles. The molecule has 0 aromatic heterocycles. The van der Waals surface area contributed by atoms with Crippen LogP contribution in [0.2, 0.25) is 0 Å². The third kappa shape index (κ3) is 4.06. The smallest absolute Gasteiger partial charge is 0.160 e. The van der Waals surface area contributed by atoms with Gasteiger partial charge < -0.3 is 9.47 Å². The number of halogens is 3. The lowest BCUT2D eigenvalue weighted by molar-refractivity contribution is 0.112. The Morgan fingerprint density at radius 3 is 2.15 bits per heavy atom. The van der Waals surface area contributed by atoms with Gasteiger partial charge in [0.1, 0.15) is 30.6 Å². The molecule has 0 radical (unpaired) electrons. The summed E-state index contributed by atoms with van der Waals surface area (Å²) in [5.74, 6) is 0.358. The summed E-state index contributed by atoms with van der Waals surface area (Å²) in [4.78, 5) is 11.2. The number of hydrogen-bond donors (Lipinski definition) is 0. The first kappa shape index (κ1) is 16.7. The van der Waals surface area contributed by atoms with Crippen molar-refractivity contribution in [3.63, 3.8) is 0 Å². The van der Waals surface area contributed by atoms with Gasteiger partial charge in [-0.1, -0.05) is 0 Å². The van der Waals surface area contributed by atoms with Crippen LogP contribution in [0.3, 0.4) is 0 Å². The normalized spacial score (nSPS) is 13.7. The SMILES string of the molecule is COc1cc(C=O)cc(OC)c1SCC(F)C(F)CF. The molecule has 0 N–H and O–H groups in total. The van der Waals surface area contributed by atoms with Gasteiger partial charge in [-0.2, -0.15) is 0 Å². The van der Waals surface area contributed by atoms with E-state index in [4.69, 9.17) is 9.47 Å². The number of benzene rings is 1. The molecule has 1 aromatic rings. The van der Waals surface area contributed by atoms with Gasteiger partial charge in [-0.05, 0) is 12.1 Å². The van der Waals surface area contributed by atoms with E-state index in [1.54, 1.807) is 0 Å². The van der Waals surface area contributed by atoms with Crippen molar-refractivity contribution < 1.29 is 27.4 Å². The van der Waals surface area contributed by atoms with Gasteiger partial charge in [0.05, 0.1) is 19.1 Å². The highest BCUT2D eigenvalue weighted by Gasteiger charge is 2.22. The van der Waals surface area contributed by atoms with Gasteiger partial charge in [-0.15, -0.1) is 11.8 Å². The fourth-order valence-corrected chi connectivity index (χ4v) is 2.58. The van der Waals surface area contributed by atoms with E-state index in [1.165, 1.54) is 26.4 Å². The first-order valence-electron chi connectivity index (χ1n) is 5.75. The molecule has 20 heavy (non-hydrogen) atoms. The van der Waals surface area contributed by atoms with Crippen LogP contribution in [0.25, 0.3) is 0 Å². The molecule has 0 heterocycles. The number of ether oxygens (including phenoxy) is 2. The molecule has 1 rings (SSSR count). The fourth-order valence-electron chi connectivity index (χ4n) is 1.47. The van der Waals surface area contributed by atoms with Crippen LogP contribution in [0.4, 0.5) is 13.2 Å². The van der Waals surface area contributed by atoms with E-state index in [-0.39, 0.29) is 5.75 Å². The number of alkyl halides is 3. The number of thioether (sulfide) groups is 1. The Bertz CT molecular complexity index is 431. The largest absolute Gasteiger partial charge is 0.495 e. The van der Waals surface area contributed by atoms with Crippen molar-refractivity contribution in [2.75, 3.05) is 26.6 Å². The molecule has 0 aliphatic heterocycles. The molecule has 2 unspecified atom stereocenters. The molecule has 3 nitrogen and oxygen atoms in total. The molecular weight excluding hydrogens is 293 g/mol. The number of rotatable bonds is 8.